The summed E-state index contributed by atoms with van der Waals surface area (Å²) in [5.41, 5.74) is 0.239. The summed E-state index contributed by atoms with van der Waals surface area (Å²) < 4.78 is 5.12. The highest BCUT2D eigenvalue weighted by Gasteiger charge is 2.26. The van der Waals surface area contributed by atoms with Gasteiger partial charge in [-0.1, -0.05) is 19.1 Å². The molecule has 1 N–H and O–H groups in total. The third kappa shape index (κ3) is 4.27. The van der Waals surface area contributed by atoms with Crippen molar-refractivity contribution in [2.75, 3.05) is 13.7 Å². The summed E-state index contributed by atoms with van der Waals surface area (Å²) in [7, 11) is 1.64. The molecule has 0 aliphatic rings. The van der Waals surface area contributed by atoms with E-state index in [9.17, 15) is 4.79 Å². The van der Waals surface area contributed by atoms with Crippen LogP contribution in [0.1, 0.15) is 38.7 Å². The minimum atomic E-state index is -0.969. The van der Waals surface area contributed by atoms with Gasteiger partial charge in [-0.25, -0.2) is 0 Å². The van der Waals surface area contributed by atoms with Gasteiger partial charge in [0, 0.05) is 6.54 Å². The Labute approximate surface area is 120 Å². The predicted molar refractivity (Wildman–Crippen MR) is 78.4 cm³/mol. The van der Waals surface area contributed by atoms with E-state index in [2.05, 4.69) is 12.2 Å². The maximum absolute atomic E-state index is 11.7. The second-order valence-corrected chi connectivity index (χ2v) is 5.46. The van der Waals surface area contributed by atoms with Crippen molar-refractivity contribution in [1.82, 2.24) is 5.32 Å². The quantitative estimate of drug-likeness (QED) is 0.867. The summed E-state index contributed by atoms with van der Waals surface area (Å²) in [6.45, 7) is 5.92. The molecule has 1 rings (SSSR count). The lowest BCUT2D eigenvalue weighted by atomic mass is 9.94. The van der Waals surface area contributed by atoms with Crippen LogP contribution in [0.5, 0.6) is 5.75 Å². The summed E-state index contributed by atoms with van der Waals surface area (Å²) in [6, 6.07) is 9.93. The highest BCUT2D eigenvalue weighted by molar-refractivity contribution is 5.84. The van der Waals surface area contributed by atoms with Crippen LogP contribution in [0, 0.1) is 16.7 Å². The van der Waals surface area contributed by atoms with E-state index >= 15 is 0 Å². The van der Waals surface area contributed by atoms with E-state index in [0.717, 1.165) is 12.2 Å². The molecule has 4 heteroatoms. The highest BCUT2D eigenvalue weighted by Crippen LogP contribution is 2.21. The van der Waals surface area contributed by atoms with Gasteiger partial charge in [0.1, 0.15) is 11.2 Å². The monoisotopic (exact) mass is 274 g/mol. The summed E-state index contributed by atoms with van der Waals surface area (Å²) in [5.74, 6) is 0.957. The lowest BCUT2D eigenvalue weighted by Gasteiger charge is -2.17. The van der Waals surface area contributed by atoms with Crippen molar-refractivity contribution in [3.05, 3.63) is 29.8 Å². The highest BCUT2D eigenvalue weighted by atomic mass is 16.5. The Hall–Kier alpha value is -2.02. The first-order chi connectivity index (χ1) is 9.40. The zero-order valence-electron chi connectivity index (χ0n) is 12.6. The zero-order chi connectivity index (χ0) is 15.2. The molecule has 4 nitrogen and oxygen atoms in total. The SMILES string of the molecule is COc1ccc(C(C)CCNC(=O)C(C)(C)C#N)cc1. The van der Waals surface area contributed by atoms with E-state index in [1.54, 1.807) is 21.0 Å². The molecule has 0 bridgehead atoms. The molecule has 0 fully saturated rings. The number of carbonyl (C=O) groups is 1. The van der Waals surface area contributed by atoms with E-state index in [4.69, 9.17) is 10.00 Å². The summed E-state index contributed by atoms with van der Waals surface area (Å²) >= 11 is 0. The van der Waals surface area contributed by atoms with E-state index < -0.39 is 5.41 Å². The summed E-state index contributed by atoms with van der Waals surface area (Å²) in [4.78, 5) is 11.7. The zero-order valence-corrected chi connectivity index (χ0v) is 12.6. The Balaban J connectivity index is 2.45. The molecular weight excluding hydrogens is 252 g/mol. The van der Waals surface area contributed by atoms with E-state index in [-0.39, 0.29) is 5.91 Å². The van der Waals surface area contributed by atoms with Crippen molar-refractivity contribution in [3.63, 3.8) is 0 Å². The van der Waals surface area contributed by atoms with Crippen molar-refractivity contribution in [1.29, 1.82) is 5.26 Å². The van der Waals surface area contributed by atoms with Crippen molar-refractivity contribution >= 4 is 5.91 Å². The first kappa shape index (κ1) is 16.0. The number of carbonyl (C=O) groups excluding carboxylic acids is 1. The van der Waals surface area contributed by atoms with E-state index in [1.807, 2.05) is 30.3 Å². The second-order valence-electron chi connectivity index (χ2n) is 5.46. The molecule has 0 aliphatic heterocycles. The van der Waals surface area contributed by atoms with Gasteiger partial charge in [-0.05, 0) is 43.9 Å². The predicted octanol–water partition coefficient (Wildman–Crippen LogP) is 2.85. The fraction of sp³-hybridized carbons (Fsp3) is 0.500. The number of nitrogens with one attached hydrogen (secondary N) is 1. The van der Waals surface area contributed by atoms with Crippen LogP contribution >= 0.6 is 0 Å². The topological polar surface area (TPSA) is 62.1 Å². The Morgan fingerprint density at radius 3 is 2.50 bits per heavy atom. The van der Waals surface area contributed by atoms with Gasteiger partial charge in [0.2, 0.25) is 5.91 Å². The molecule has 1 atom stereocenters. The fourth-order valence-electron chi connectivity index (χ4n) is 1.77. The van der Waals surface area contributed by atoms with Crippen molar-refractivity contribution in [2.45, 2.75) is 33.1 Å². The largest absolute Gasteiger partial charge is 0.497 e. The first-order valence-corrected chi connectivity index (χ1v) is 6.74. The Bertz CT molecular complexity index is 486. The first-order valence-electron chi connectivity index (χ1n) is 6.74. The van der Waals surface area contributed by atoms with Gasteiger partial charge >= 0.3 is 0 Å². The average Bonchev–Trinajstić information content (AvgIpc) is 2.47. The van der Waals surface area contributed by atoms with Crippen molar-refractivity contribution in [2.24, 2.45) is 5.41 Å². The molecule has 0 spiro atoms. The standard InChI is InChI=1S/C16H22N2O2/c1-12(13-5-7-14(20-4)8-6-13)9-10-18-15(19)16(2,3)11-17/h5-8,12H,9-10H2,1-4H3,(H,18,19). The van der Waals surface area contributed by atoms with Gasteiger partial charge in [0.15, 0.2) is 0 Å². The number of rotatable bonds is 6. The van der Waals surface area contributed by atoms with Crippen LogP contribution in [0.2, 0.25) is 0 Å². The smallest absolute Gasteiger partial charge is 0.239 e. The Morgan fingerprint density at radius 1 is 1.40 bits per heavy atom. The molecule has 1 aromatic carbocycles. The molecular formula is C16H22N2O2. The Kier molecular flexibility index (Phi) is 5.57. The molecule has 20 heavy (non-hydrogen) atoms. The molecule has 0 aromatic heterocycles. The molecule has 0 saturated heterocycles. The van der Waals surface area contributed by atoms with Crippen LogP contribution < -0.4 is 10.1 Å². The molecule has 0 radical (unpaired) electrons. The molecule has 0 saturated carbocycles. The average molecular weight is 274 g/mol. The number of nitrogens with zero attached hydrogens (tertiary/aromatic N) is 1. The van der Waals surface area contributed by atoms with Gasteiger partial charge in [-0.3, -0.25) is 4.79 Å². The lowest BCUT2D eigenvalue weighted by Crippen LogP contribution is -2.36. The van der Waals surface area contributed by atoms with Crippen LogP contribution in [-0.2, 0) is 4.79 Å². The lowest BCUT2D eigenvalue weighted by molar-refractivity contribution is -0.126. The van der Waals surface area contributed by atoms with Gasteiger partial charge in [-0.15, -0.1) is 0 Å². The van der Waals surface area contributed by atoms with Crippen molar-refractivity contribution in [3.8, 4) is 11.8 Å². The number of nitriles is 1. The number of benzene rings is 1. The normalized spacial score (nSPS) is 12.3. The van der Waals surface area contributed by atoms with Crippen LogP contribution in [0.4, 0.5) is 0 Å². The Morgan fingerprint density at radius 2 is 2.00 bits per heavy atom. The third-order valence-corrected chi connectivity index (χ3v) is 3.39. The maximum Gasteiger partial charge on any atom is 0.239 e. The van der Waals surface area contributed by atoms with Gasteiger partial charge in [0.25, 0.3) is 0 Å². The van der Waals surface area contributed by atoms with Crippen LogP contribution in [0.3, 0.4) is 0 Å². The van der Waals surface area contributed by atoms with Crippen LogP contribution in [-0.4, -0.2) is 19.6 Å². The number of ether oxygens (including phenoxy) is 1. The van der Waals surface area contributed by atoms with E-state index in [1.165, 1.54) is 5.56 Å². The van der Waals surface area contributed by atoms with E-state index in [0.29, 0.717) is 12.5 Å². The third-order valence-electron chi connectivity index (χ3n) is 3.39. The minimum Gasteiger partial charge on any atom is -0.497 e. The summed E-state index contributed by atoms with van der Waals surface area (Å²) in [6.07, 6.45) is 0.833. The maximum atomic E-state index is 11.7. The number of amides is 1. The molecule has 1 unspecified atom stereocenters. The van der Waals surface area contributed by atoms with Gasteiger partial charge < -0.3 is 10.1 Å². The fourth-order valence-corrected chi connectivity index (χ4v) is 1.77. The minimum absolute atomic E-state index is 0.220. The summed E-state index contributed by atoms with van der Waals surface area (Å²) in [5, 5.41) is 11.7. The second kappa shape index (κ2) is 6.95. The van der Waals surface area contributed by atoms with Gasteiger partial charge in [-0.2, -0.15) is 5.26 Å². The molecule has 108 valence electrons. The molecule has 0 aliphatic carbocycles. The van der Waals surface area contributed by atoms with Crippen molar-refractivity contribution < 1.29 is 9.53 Å². The van der Waals surface area contributed by atoms with Crippen LogP contribution in [0.15, 0.2) is 24.3 Å². The van der Waals surface area contributed by atoms with Gasteiger partial charge in [0.05, 0.1) is 13.2 Å². The molecule has 1 aromatic rings. The number of methoxy groups -OCH3 is 1. The van der Waals surface area contributed by atoms with Crippen LogP contribution in [0.25, 0.3) is 0 Å². The number of hydrogen-bond donors (Lipinski definition) is 1. The molecule has 1 amide bonds. The number of hydrogen-bond acceptors (Lipinski definition) is 3. The molecule has 0 heterocycles.